The first-order valence-corrected chi connectivity index (χ1v) is 5.73. The van der Waals surface area contributed by atoms with Crippen molar-refractivity contribution in [1.82, 2.24) is 15.1 Å². The average Bonchev–Trinajstić information content (AvgIpc) is 2.86. The zero-order valence-electron chi connectivity index (χ0n) is 10.1. The van der Waals surface area contributed by atoms with Crippen molar-refractivity contribution in [3.05, 3.63) is 12.3 Å². The molecule has 2 rings (SSSR count). The number of halogens is 1. The number of carbonyl (C=O) groups is 1. The maximum Gasteiger partial charge on any atom is 0.229 e. The first-order valence-electron chi connectivity index (χ1n) is 5.73. The highest BCUT2D eigenvalue weighted by atomic mass is 35.5. The average molecular weight is 259 g/mol. The lowest BCUT2D eigenvalue weighted by atomic mass is 10.1. The second kappa shape index (κ2) is 6.02. The number of nitrogens with zero attached hydrogens (tertiary/aromatic N) is 2. The van der Waals surface area contributed by atoms with Gasteiger partial charge in [0, 0.05) is 18.7 Å². The lowest BCUT2D eigenvalue weighted by Gasteiger charge is -2.13. The van der Waals surface area contributed by atoms with Crippen molar-refractivity contribution in [1.29, 1.82) is 0 Å². The van der Waals surface area contributed by atoms with Gasteiger partial charge in [0.2, 0.25) is 5.91 Å². The summed E-state index contributed by atoms with van der Waals surface area (Å²) in [5, 5.41) is 10.3. The Kier molecular flexibility index (Phi) is 4.96. The maximum atomic E-state index is 11.9. The van der Waals surface area contributed by atoms with Gasteiger partial charge in [0.25, 0.3) is 0 Å². The Morgan fingerprint density at radius 1 is 1.65 bits per heavy atom. The number of anilines is 1. The zero-order chi connectivity index (χ0) is 11.5. The van der Waals surface area contributed by atoms with Gasteiger partial charge >= 0.3 is 0 Å². The van der Waals surface area contributed by atoms with Gasteiger partial charge in [-0.05, 0) is 26.8 Å². The molecule has 6 heteroatoms. The minimum absolute atomic E-state index is 0. The molecule has 0 spiro atoms. The fourth-order valence-electron chi connectivity index (χ4n) is 1.93. The molecule has 1 aliphatic rings. The van der Waals surface area contributed by atoms with E-state index in [0.717, 1.165) is 25.3 Å². The molecule has 0 saturated carbocycles. The molecule has 1 aromatic heterocycles. The Morgan fingerprint density at radius 3 is 3.00 bits per heavy atom. The van der Waals surface area contributed by atoms with Crippen molar-refractivity contribution in [2.24, 2.45) is 5.92 Å². The van der Waals surface area contributed by atoms with Crippen molar-refractivity contribution < 1.29 is 4.79 Å². The molecule has 1 aromatic rings. The Morgan fingerprint density at radius 2 is 2.41 bits per heavy atom. The molecular weight excluding hydrogens is 240 g/mol. The summed E-state index contributed by atoms with van der Waals surface area (Å²) >= 11 is 0. The third-order valence-electron chi connectivity index (χ3n) is 2.84. The summed E-state index contributed by atoms with van der Waals surface area (Å²) in [7, 11) is 0. The van der Waals surface area contributed by atoms with E-state index in [1.54, 1.807) is 6.20 Å². The Hall–Kier alpha value is -1.07. The minimum atomic E-state index is 0. The molecule has 1 aliphatic heterocycles. The van der Waals surface area contributed by atoms with Crippen LogP contribution in [0.5, 0.6) is 0 Å². The summed E-state index contributed by atoms with van der Waals surface area (Å²) < 4.78 is 1.82. The fraction of sp³-hybridized carbons (Fsp3) is 0.636. The predicted octanol–water partition coefficient (Wildman–Crippen LogP) is 1.43. The number of hydrogen-bond donors (Lipinski definition) is 2. The molecular formula is C11H19ClN4O. The SMILES string of the molecule is CC(C)n1nccc1NC(=O)C1CCNC1.Cl. The van der Waals surface area contributed by atoms with Gasteiger partial charge in [0.15, 0.2) is 0 Å². The largest absolute Gasteiger partial charge is 0.316 e. The Bertz CT molecular complexity index is 371. The van der Waals surface area contributed by atoms with Gasteiger partial charge in [-0.1, -0.05) is 0 Å². The van der Waals surface area contributed by atoms with Crippen LogP contribution < -0.4 is 10.6 Å². The molecule has 2 N–H and O–H groups in total. The third-order valence-corrected chi connectivity index (χ3v) is 2.84. The van der Waals surface area contributed by atoms with E-state index in [4.69, 9.17) is 0 Å². The summed E-state index contributed by atoms with van der Waals surface area (Å²) in [6.45, 7) is 5.79. The van der Waals surface area contributed by atoms with Crippen LogP contribution in [-0.2, 0) is 4.79 Å². The number of carbonyl (C=O) groups excluding carboxylic acids is 1. The number of amides is 1. The van der Waals surface area contributed by atoms with E-state index in [0.29, 0.717) is 0 Å². The van der Waals surface area contributed by atoms with Crippen molar-refractivity contribution in [2.75, 3.05) is 18.4 Å². The smallest absolute Gasteiger partial charge is 0.229 e. The summed E-state index contributed by atoms with van der Waals surface area (Å²) in [6, 6.07) is 2.09. The summed E-state index contributed by atoms with van der Waals surface area (Å²) in [4.78, 5) is 11.9. The molecule has 96 valence electrons. The molecule has 1 unspecified atom stereocenters. The quantitative estimate of drug-likeness (QED) is 0.863. The van der Waals surface area contributed by atoms with Gasteiger partial charge in [-0.15, -0.1) is 12.4 Å². The monoisotopic (exact) mass is 258 g/mol. The van der Waals surface area contributed by atoms with Crippen LogP contribution in [0, 0.1) is 5.92 Å². The van der Waals surface area contributed by atoms with Crippen LogP contribution in [-0.4, -0.2) is 28.8 Å². The molecule has 0 aliphatic carbocycles. The van der Waals surface area contributed by atoms with E-state index in [2.05, 4.69) is 15.7 Å². The van der Waals surface area contributed by atoms with Gasteiger partial charge in [-0.3, -0.25) is 4.79 Å². The molecule has 17 heavy (non-hydrogen) atoms. The topological polar surface area (TPSA) is 59.0 Å². The minimum Gasteiger partial charge on any atom is -0.316 e. The standard InChI is InChI=1S/C11H18N4O.ClH/c1-8(2)15-10(4-6-13-15)14-11(16)9-3-5-12-7-9;/h4,6,8-9,12H,3,5,7H2,1-2H3,(H,14,16);1H. The lowest BCUT2D eigenvalue weighted by molar-refractivity contribution is -0.119. The Labute approximate surface area is 107 Å². The van der Waals surface area contributed by atoms with Crippen LogP contribution in [0.4, 0.5) is 5.82 Å². The van der Waals surface area contributed by atoms with Crippen LogP contribution in [0.25, 0.3) is 0 Å². The molecule has 0 bridgehead atoms. The van der Waals surface area contributed by atoms with Gasteiger partial charge < -0.3 is 10.6 Å². The second-order valence-corrected chi connectivity index (χ2v) is 4.43. The molecule has 1 saturated heterocycles. The molecule has 1 atom stereocenters. The van der Waals surface area contributed by atoms with Crippen molar-refractivity contribution in [2.45, 2.75) is 26.3 Å². The van der Waals surface area contributed by atoms with Gasteiger partial charge in [0.1, 0.15) is 5.82 Å². The van der Waals surface area contributed by atoms with E-state index < -0.39 is 0 Å². The van der Waals surface area contributed by atoms with Crippen LogP contribution in [0.1, 0.15) is 26.3 Å². The number of aromatic nitrogens is 2. The second-order valence-electron chi connectivity index (χ2n) is 4.43. The molecule has 5 nitrogen and oxygen atoms in total. The normalized spacial score (nSPS) is 19.1. The molecule has 1 amide bonds. The number of rotatable bonds is 3. The van der Waals surface area contributed by atoms with E-state index in [9.17, 15) is 4.79 Å². The highest BCUT2D eigenvalue weighted by molar-refractivity contribution is 5.92. The highest BCUT2D eigenvalue weighted by Gasteiger charge is 2.23. The molecule has 1 fully saturated rings. The van der Waals surface area contributed by atoms with Crippen LogP contribution >= 0.6 is 12.4 Å². The first-order chi connectivity index (χ1) is 7.68. The number of hydrogen-bond acceptors (Lipinski definition) is 3. The van der Waals surface area contributed by atoms with Gasteiger partial charge in [0.05, 0.1) is 12.1 Å². The van der Waals surface area contributed by atoms with Gasteiger partial charge in [-0.25, -0.2) is 4.68 Å². The lowest BCUT2D eigenvalue weighted by Crippen LogP contribution is -2.26. The predicted molar refractivity (Wildman–Crippen MR) is 69.5 cm³/mol. The van der Waals surface area contributed by atoms with E-state index >= 15 is 0 Å². The highest BCUT2D eigenvalue weighted by Crippen LogP contribution is 2.16. The molecule has 2 heterocycles. The Balaban J connectivity index is 0.00000144. The summed E-state index contributed by atoms with van der Waals surface area (Å²) in [5.41, 5.74) is 0. The zero-order valence-corrected chi connectivity index (χ0v) is 11.0. The van der Waals surface area contributed by atoms with Gasteiger partial charge in [-0.2, -0.15) is 5.10 Å². The van der Waals surface area contributed by atoms with Crippen molar-refractivity contribution in [3.8, 4) is 0 Å². The van der Waals surface area contributed by atoms with Crippen LogP contribution in [0.15, 0.2) is 12.3 Å². The van der Waals surface area contributed by atoms with Crippen LogP contribution in [0.2, 0.25) is 0 Å². The van der Waals surface area contributed by atoms with Crippen LogP contribution in [0.3, 0.4) is 0 Å². The van der Waals surface area contributed by atoms with E-state index in [-0.39, 0.29) is 30.3 Å². The number of nitrogens with one attached hydrogen (secondary N) is 2. The third kappa shape index (κ3) is 3.20. The molecule has 0 radical (unpaired) electrons. The molecule has 0 aromatic carbocycles. The van der Waals surface area contributed by atoms with E-state index in [1.807, 2.05) is 24.6 Å². The fourth-order valence-corrected chi connectivity index (χ4v) is 1.93. The van der Waals surface area contributed by atoms with Crippen molar-refractivity contribution >= 4 is 24.1 Å². The van der Waals surface area contributed by atoms with Crippen molar-refractivity contribution in [3.63, 3.8) is 0 Å². The summed E-state index contributed by atoms with van der Waals surface area (Å²) in [5.74, 6) is 0.967. The first kappa shape index (κ1) is 14.0. The maximum absolute atomic E-state index is 11.9. The summed E-state index contributed by atoms with van der Waals surface area (Å²) in [6.07, 6.45) is 2.63. The van der Waals surface area contributed by atoms with E-state index in [1.165, 1.54) is 0 Å².